The molecule has 21 heavy (non-hydrogen) atoms. The summed E-state index contributed by atoms with van der Waals surface area (Å²) in [7, 11) is 0. The summed E-state index contributed by atoms with van der Waals surface area (Å²) in [6, 6.07) is 0.501. The Bertz CT molecular complexity index is 518. The largest absolute Gasteiger partial charge is 0.382 e. The van der Waals surface area contributed by atoms with Crippen LogP contribution in [-0.2, 0) is 0 Å². The number of hydrogen-bond acceptors (Lipinski definition) is 6. The van der Waals surface area contributed by atoms with Crippen molar-refractivity contribution in [2.75, 3.05) is 23.9 Å². The zero-order valence-electron chi connectivity index (χ0n) is 12.3. The maximum atomic E-state index is 12.3. The van der Waals surface area contributed by atoms with Crippen molar-refractivity contribution < 1.29 is 4.79 Å². The van der Waals surface area contributed by atoms with E-state index >= 15 is 0 Å². The maximum Gasteiger partial charge on any atom is 0.265 e. The lowest BCUT2D eigenvalue weighted by atomic mass is 9.84. The van der Waals surface area contributed by atoms with E-state index in [1.54, 1.807) is 0 Å². The zero-order chi connectivity index (χ0) is 14.9. The molecule has 0 aliphatic heterocycles. The number of thiazole rings is 1. The highest BCUT2D eigenvalue weighted by atomic mass is 32.2. The van der Waals surface area contributed by atoms with Gasteiger partial charge in [-0.1, -0.05) is 17.8 Å². The Morgan fingerprint density at radius 3 is 2.76 bits per heavy atom. The van der Waals surface area contributed by atoms with E-state index in [1.807, 2.05) is 11.8 Å². The molecule has 2 saturated carbocycles. The van der Waals surface area contributed by atoms with Crippen molar-refractivity contribution in [3.63, 3.8) is 0 Å². The number of nitrogens with one attached hydrogen (secondary N) is 2. The van der Waals surface area contributed by atoms with Gasteiger partial charge in [-0.25, -0.2) is 4.98 Å². The van der Waals surface area contributed by atoms with Gasteiger partial charge in [0, 0.05) is 17.3 Å². The predicted molar refractivity (Wildman–Crippen MR) is 90.2 cm³/mol. The molecule has 1 aromatic heterocycles. The van der Waals surface area contributed by atoms with Crippen LogP contribution in [0, 0.1) is 0 Å². The third-order valence-corrected chi connectivity index (χ3v) is 6.98. The average molecular weight is 326 g/mol. The Morgan fingerprint density at radius 2 is 2.24 bits per heavy atom. The van der Waals surface area contributed by atoms with Crippen molar-refractivity contribution in [3.8, 4) is 0 Å². The fourth-order valence-electron chi connectivity index (χ4n) is 2.63. The Hall–Kier alpha value is -0.950. The number of anilines is 2. The van der Waals surface area contributed by atoms with Crippen LogP contribution >= 0.6 is 23.1 Å². The molecule has 0 radical (unpaired) electrons. The number of nitrogen functional groups attached to an aromatic ring is 1. The van der Waals surface area contributed by atoms with Crippen LogP contribution in [0.5, 0.6) is 0 Å². The molecule has 1 aromatic rings. The fourth-order valence-corrected chi connectivity index (χ4v) is 4.42. The molecule has 116 valence electrons. The van der Waals surface area contributed by atoms with Gasteiger partial charge >= 0.3 is 0 Å². The van der Waals surface area contributed by atoms with Gasteiger partial charge in [-0.2, -0.15) is 11.8 Å². The second kappa shape index (κ2) is 6.04. The molecule has 1 amide bonds. The van der Waals surface area contributed by atoms with E-state index in [-0.39, 0.29) is 10.7 Å². The molecule has 0 saturated heterocycles. The molecule has 7 heteroatoms. The number of rotatable bonds is 6. The van der Waals surface area contributed by atoms with E-state index < -0.39 is 0 Å². The van der Waals surface area contributed by atoms with E-state index in [1.165, 1.54) is 49.9 Å². The van der Waals surface area contributed by atoms with E-state index in [9.17, 15) is 4.79 Å². The Kier molecular flexibility index (Phi) is 4.31. The van der Waals surface area contributed by atoms with Gasteiger partial charge in [-0.3, -0.25) is 4.79 Å². The molecule has 0 aromatic carbocycles. The summed E-state index contributed by atoms with van der Waals surface area (Å²) in [5, 5.41) is 7.14. The van der Waals surface area contributed by atoms with Gasteiger partial charge < -0.3 is 16.4 Å². The fraction of sp³-hybridized carbons (Fsp3) is 0.714. The average Bonchev–Trinajstić information content (AvgIpc) is 2.74. The quantitative estimate of drug-likeness (QED) is 0.749. The van der Waals surface area contributed by atoms with Gasteiger partial charge in [0.2, 0.25) is 0 Å². The summed E-state index contributed by atoms with van der Waals surface area (Å²) in [5.41, 5.74) is 5.89. The van der Waals surface area contributed by atoms with E-state index in [4.69, 9.17) is 5.73 Å². The minimum atomic E-state index is -0.0908. The molecule has 0 bridgehead atoms. The molecule has 0 spiro atoms. The Labute approximate surface area is 133 Å². The van der Waals surface area contributed by atoms with E-state index in [0.29, 0.717) is 16.7 Å². The van der Waals surface area contributed by atoms with Crippen molar-refractivity contribution >= 4 is 40.0 Å². The van der Waals surface area contributed by atoms with Gasteiger partial charge in [-0.15, -0.1) is 0 Å². The van der Waals surface area contributed by atoms with Crippen molar-refractivity contribution in [2.24, 2.45) is 0 Å². The standard InChI is InChI=1S/C14H22N4OS2/c1-20-14(6-3-7-14)8-16-12(19)10-11(15)18-13(21-10)17-9-4-2-5-9/h9H,2-8,15H2,1H3,(H,16,19)(H,17,18). The van der Waals surface area contributed by atoms with Gasteiger partial charge in [0.05, 0.1) is 0 Å². The first-order valence-corrected chi connectivity index (χ1v) is 9.52. The number of nitrogens with two attached hydrogens (primary N) is 1. The van der Waals surface area contributed by atoms with E-state index in [0.717, 1.165) is 11.7 Å². The number of carbonyl (C=O) groups excluding carboxylic acids is 1. The molecule has 2 aliphatic carbocycles. The van der Waals surface area contributed by atoms with Crippen LogP contribution in [0.3, 0.4) is 0 Å². The summed E-state index contributed by atoms with van der Waals surface area (Å²) >= 11 is 3.22. The van der Waals surface area contributed by atoms with Crippen molar-refractivity contribution in [2.45, 2.75) is 49.3 Å². The molecular weight excluding hydrogens is 304 g/mol. The van der Waals surface area contributed by atoms with E-state index in [2.05, 4.69) is 21.9 Å². The highest BCUT2D eigenvalue weighted by molar-refractivity contribution is 8.00. The lowest BCUT2D eigenvalue weighted by Crippen LogP contribution is -2.45. The van der Waals surface area contributed by atoms with Crippen molar-refractivity contribution in [1.82, 2.24) is 10.3 Å². The minimum absolute atomic E-state index is 0.0908. The van der Waals surface area contributed by atoms with Crippen LogP contribution in [-0.4, -0.2) is 34.5 Å². The highest BCUT2D eigenvalue weighted by Crippen LogP contribution is 2.42. The van der Waals surface area contributed by atoms with Crippen LogP contribution in [0.1, 0.15) is 48.2 Å². The normalized spacial score (nSPS) is 20.4. The topological polar surface area (TPSA) is 80.0 Å². The molecular formula is C14H22N4OS2. The number of hydrogen-bond donors (Lipinski definition) is 3. The number of thioether (sulfide) groups is 1. The number of aromatic nitrogens is 1. The third kappa shape index (κ3) is 3.13. The summed E-state index contributed by atoms with van der Waals surface area (Å²) in [4.78, 5) is 17.1. The zero-order valence-corrected chi connectivity index (χ0v) is 13.9. The summed E-state index contributed by atoms with van der Waals surface area (Å²) in [6.45, 7) is 0.718. The SMILES string of the molecule is CSC1(CNC(=O)c2sc(NC3CCC3)nc2N)CCC1. The highest BCUT2D eigenvalue weighted by Gasteiger charge is 2.36. The van der Waals surface area contributed by atoms with Gasteiger partial charge in [0.15, 0.2) is 5.13 Å². The number of amides is 1. The number of carbonyl (C=O) groups is 1. The third-order valence-electron chi connectivity index (χ3n) is 4.56. The smallest absolute Gasteiger partial charge is 0.265 e. The minimum Gasteiger partial charge on any atom is -0.382 e. The first-order valence-electron chi connectivity index (χ1n) is 7.48. The first-order chi connectivity index (χ1) is 10.1. The van der Waals surface area contributed by atoms with Crippen LogP contribution in [0.25, 0.3) is 0 Å². The summed E-state index contributed by atoms with van der Waals surface area (Å²) in [5.74, 6) is 0.248. The van der Waals surface area contributed by atoms with Crippen molar-refractivity contribution in [3.05, 3.63) is 4.88 Å². The van der Waals surface area contributed by atoms with Crippen molar-refractivity contribution in [1.29, 1.82) is 0 Å². The Morgan fingerprint density at radius 1 is 1.48 bits per heavy atom. The molecule has 1 heterocycles. The van der Waals surface area contributed by atoms with Gasteiger partial charge in [0.25, 0.3) is 5.91 Å². The molecule has 2 fully saturated rings. The number of nitrogens with zero attached hydrogens (tertiary/aromatic N) is 1. The molecule has 3 rings (SSSR count). The summed E-state index contributed by atoms with van der Waals surface area (Å²) < 4.78 is 0.238. The molecule has 0 unspecified atom stereocenters. The Balaban J connectivity index is 1.58. The predicted octanol–water partition coefficient (Wildman–Crippen LogP) is 2.71. The van der Waals surface area contributed by atoms with Crippen LogP contribution < -0.4 is 16.4 Å². The van der Waals surface area contributed by atoms with Gasteiger partial charge in [-0.05, 0) is 38.4 Å². The monoisotopic (exact) mass is 326 g/mol. The summed E-state index contributed by atoms with van der Waals surface area (Å²) in [6.07, 6.45) is 9.36. The molecule has 0 atom stereocenters. The van der Waals surface area contributed by atoms with Crippen LogP contribution in [0.4, 0.5) is 10.9 Å². The lowest BCUT2D eigenvalue weighted by molar-refractivity contribution is 0.0948. The lowest BCUT2D eigenvalue weighted by Gasteiger charge is -2.40. The molecule has 2 aliphatic rings. The maximum absolute atomic E-state index is 12.3. The molecule has 4 N–H and O–H groups in total. The van der Waals surface area contributed by atoms with Crippen LogP contribution in [0.15, 0.2) is 0 Å². The van der Waals surface area contributed by atoms with Crippen LogP contribution in [0.2, 0.25) is 0 Å². The first kappa shape index (κ1) is 15.0. The van der Waals surface area contributed by atoms with Gasteiger partial charge in [0.1, 0.15) is 10.7 Å². The second-order valence-corrected chi connectivity index (χ2v) is 8.20. The molecule has 5 nitrogen and oxygen atoms in total. The second-order valence-electron chi connectivity index (χ2n) is 5.93.